The lowest BCUT2D eigenvalue weighted by Gasteiger charge is -2.32. The van der Waals surface area contributed by atoms with Gasteiger partial charge in [0, 0.05) is 17.1 Å². The lowest BCUT2D eigenvalue weighted by molar-refractivity contribution is -0.145. The maximum absolute atomic E-state index is 12.9. The van der Waals surface area contributed by atoms with E-state index in [1.807, 2.05) is 0 Å². The van der Waals surface area contributed by atoms with E-state index in [1.165, 1.54) is 18.6 Å². The smallest absolute Gasteiger partial charge is 0.307 e. The van der Waals surface area contributed by atoms with Crippen molar-refractivity contribution in [2.45, 2.75) is 88.6 Å². The number of amides is 1. The highest BCUT2D eigenvalue weighted by Gasteiger charge is 2.36. The van der Waals surface area contributed by atoms with Gasteiger partial charge in [-0.15, -0.1) is 0 Å². The Labute approximate surface area is 232 Å². The molecular formula is C26H33Cl2N3O6S. The molecule has 0 unspecified atom stereocenters. The minimum atomic E-state index is -3.95. The third-order valence-electron chi connectivity index (χ3n) is 6.94. The first-order chi connectivity index (χ1) is 17.7. The van der Waals surface area contributed by atoms with Crippen LogP contribution in [0.2, 0.25) is 10.0 Å². The molecule has 0 spiro atoms. The van der Waals surface area contributed by atoms with Crippen LogP contribution in [-0.4, -0.2) is 42.0 Å². The topological polar surface area (TPSA) is 139 Å². The van der Waals surface area contributed by atoms with Crippen molar-refractivity contribution >= 4 is 45.1 Å². The first-order valence-electron chi connectivity index (χ1n) is 12.8. The molecule has 2 aromatic rings. The summed E-state index contributed by atoms with van der Waals surface area (Å²) in [6.45, 7) is 5.16. The number of aliphatic carboxylic acids is 1. The van der Waals surface area contributed by atoms with Crippen LogP contribution in [-0.2, 0) is 21.2 Å². The first-order valence-corrected chi connectivity index (χ1v) is 15.0. The molecule has 0 bridgehead atoms. The van der Waals surface area contributed by atoms with E-state index in [2.05, 4.69) is 15.0 Å². The summed E-state index contributed by atoms with van der Waals surface area (Å²) < 4.78 is 34.3. The van der Waals surface area contributed by atoms with Crippen molar-refractivity contribution in [3.63, 3.8) is 0 Å². The Bertz CT molecular complexity index is 1320. The van der Waals surface area contributed by atoms with Crippen molar-refractivity contribution in [3.8, 4) is 11.3 Å². The molecule has 4 rings (SSSR count). The fourth-order valence-corrected chi connectivity index (χ4v) is 7.30. The Balaban J connectivity index is 1.66. The minimum absolute atomic E-state index is 0.0141. The Morgan fingerprint density at radius 3 is 2.37 bits per heavy atom. The van der Waals surface area contributed by atoms with Crippen LogP contribution in [0.1, 0.15) is 82.1 Å². The van der Waals surface area contributed by atoms with Gasteiger partial charge in [-0.2, -0.15) is 0 Å². The van der Waals surface area contributed by atoms with E-state index in [9.17, 15) is 18.0 Å². The fraction of sp³-hybridized carbons (Fsp3) is 0.577. The number of carboxylic acid groups (broad SMARTS) is 1. The predicted molar refractivity (Wildman–Crippen MR) is 144 cm³/mol. The van der Waals surface area contributed by atoms with Crippen molar-refractivity contribution in [2.75, 3.05) is 0 Å². The second kappa shape index (κ2) is 11.2. The van der Waals surface area contributed by atoms with Gasteiger partial charge in [0.1, 0.15) is 4.90 Å². The molecule has 0 saturated heterocycles. The van der Waals surface area contributed by atoms with Gasteiger partial charge < -0.3 is 14.8 Å². The van der Waals surface area contributed by atoms with Gasteiger partial charge in [-0.1, -0.05) is 55.3 Å². The van der Waals surface area contributed by atoms with Crippen LogP contribution < -0.4 is 10.0 Å². The van der Waals surface area contributed by atoms with Gasteiger partial charge in [0.15, 0.2) is 5.76 Å². The zero-order valence-electron chi connectivity index (χ0n) is 21.6. The number of hydrogen-bond donors (Lipinski definition) is 3. The van der Waals surface area contributed by atoms with Gasteiger partial charge in [-0.25, -0.2) is 18.1 Å². The number of carbonyl (C=O) groups excluding carboxylic acids is 1. The molecule has 2 fully saturated rings. The lowest BCUT2D eigenvalue weighted by Crippen LogP contribution is -2.46. The van der Waals surface area contributed by atoms with Crippen LogP contribution in [0.3, 0.4) is 0 Å². The Kier molecular flexibility index (Phi) is 8.47. The molecule has 38 heavy (non-hydrogen) atoms. The summed E-state index contributed by atoms with van der Waals surface area (Å²) in [7, 11) is -3.95. The molecule has 1 aromatic heterocycles. The molecule has 0 atom stereocenters. The lowest BCUT2D eigenvalue weighted by atomic mass is 9.80. The highest BCUT2D eigenvalue weighted by molar-refractivity contribution is 7.89. The van der Waals surface area contributed by atoms with E-state index >= 15 is 0 Å². The monoisotopic (exact) mass is 585 g/mol. The molecule has 2 aliphatic rings. The average Bonchev–Trinajstić information content (AvgIpc) is 3.19. The molecule has 208 valence electrons. The molecule has 1 amide bonds. The van der Waals surface area contributed by atoms with Gasteiger partial charge in [0.05, 0.1) is 21.7 Å². The summed E-state index contributed by atoms with van der Waals surface area (Å²) >= 11 is 13.1. The molecule has 2 saturated carbocycles. The number of carbonyl (C=O) groups is 2. The van der Waals surface area contributed by atoms with Crippen molar-refractivity contribution in [3.05, 3.63) is 33.8 Å². The maximum Gasteiger partial charge on any atom is 0.307 e. The molecule has 0 radical (unpaired) electrons. The zero-order chi connectivity index (χ0) is 27.8. The van der Waals surface area contributed by atoms with Crippen molar-refractivity contribution in [1.29, 1.82) is 0 Å². The number of halogens is 2. The zero-order valence-corrected chi connectivity index (χ0v) is 24.0. The van der Waals surface area contributed by atoms with E-state index in [0.717, 1.165) is 25.7 Å². The van der Waals surface area contributed by atoms with Crippen LogP contribution in [0.15, 0.2) is 21.4 Å². The molecular weight excluding hydrogens is 553 g/mol. The molecule has 9 nitrogen and oxygen atoms in total. The highest BCUT2D eigenvalue weighted by Crippen LogP contribution is 2.41. The molecule has 12 heteroatoms. The van der Waals surface area contributed by atoms with Gasteiger partial charge in [-0.05, 0) is 58.1 Å². The van der Waals surface area contributed by atoms with E-state index in [4.69, 9.17) is 32.7 Å². The molecule has 1 aromatic carbocycles. The van der Waals surface area contributed by atoms with E-state index in [1.54, 1.807) is 20.8 Å². The average molecular weight is 587 g/mol. The largest absolute Gasteiger partial charge is 0.481 e. The normalized spacial score (nSPS) is 20.7. The molecule has 2 aliphatic carbocycles. The van der Waals surface area contributed by atoms with Gasteiger partial charge in [-0.3, -0.25) is 9.59 Å². The van der Waals surface area contributed by atoms with Crippen molar-refractivity contribution in [1.82, 2.24) is 15.0 Å². The van der Waals surface area contributed by atoms with Crippen LogP contribution in [0.4, 0.5) is 0 Å². The summed E-state index contributed by atoms with van der Waals surface area (Å²) in [5.74, 6) is -1.38. The van der Waals surface area contributed by atoms with E-state index < -0.39 is 33.4 Å². The van der Waals surface area contributed by atoms with Crippen molar-refractivity contribution in [2.24, 2.45) is 11.8 Å². The second-order valence-corrected chi connectivity index (χ2v) is 13.7. The van der Waals surface area contributed by atoms with Crippen molar-refractivity contribution < 1.29 is 27.5 Å². The van der Waals surface area contributed by atoms with Gasteiger partial charge in [0.25, 0.3) is 5.89 Å². The first kappa shape index (κ1) is 28.9. The number of sulfonamides is 1. The van der Waals surface area contributed by atoms with Crippen LogP contribution >= 0.6 is 23.2 Å². The van der Waals surface area contributed by atoms with E-state index in [-0.39, 0.29) is 32.6 Å². The van der Waals surface area contributed by atoms with Crippen LogP contribution in [0.5, 0.6) is 0 Å². The molecule has 1 heterocycles. The van der Waals surface area contributed by atoms with Gasteiger partial charge in [0.2, 0.25) is 10.0 Å². The third-order valence-corrected chi connectivity index (χ3v) is 9.74. The number of rotatable bonds is 8. The minimum Gasteiger partial charge on any atom is -0.481 e. The number of nitrogens with one attached hydrogen (secondary N) is 2. The van der Waals surface area contributed by atoms with Crippen LogP contribution in [0, 0.1) is 11.8 Å². The number of benzene rings is 1. The fourth-order valence-electron chi connectivity index (χ4n) is 5.02. The van der Waals surface area contributed by atoms with Crippen LogP contribution in [0.25, 0.3) is 11.3 Å². The third kappa shape index (κ3) is 6.52. The SMILES string of the molecule is CC(C)(C)NS(=O)(=O)c1ccc(-c2oc(C(=O)NC3CC(C(=O)O)C3)nc2CC2CCCCC2)c(Cl)c1Cl. The Morgan fingerprint density at radius 2 is 1.76 bits per heavy atom. The maximum atomic E-state index is 12.9. The summed E-state index contributed by atoms with van der Waals surface area (Å²) in [6.07, 6.45) is 6.79. The Hall–Kier alpha value is -2.14. The Morgan fingerprint density at radius 1 is 1.11 bits per heavy atom. The summed E-state index contributed by atoms with van der Waals surface area (Å²) in [5, 5.41) is 11.7. The quantitative estimate of drug-likeness (QED) is 0.374. The highest BCUT2D eigenvalue weighted by atomic mass is 35.5. The number of carboxylic acids is 1. The van der Waals surface area contributed by atoms with E-state index in [0.29, 0.717) is 36.4 Å². The molecule has 3 N–H and O–H groups in total. The number of nitrogens with zero attached hydrogens (tertiary/aromatic N) is 1. The summed E-state index contributed by atoms with van der Waals surface area (Å²) in [6, 6.07) is 2.62. The number of hydrogen-bond acceptors (Lipinski definition) is 6. The summed E-state index contributed by atoms with van der Waals surface area (Å²) in [5.41, 5.74) is 0.178. The molecule has 0 aliphatic heterocycles. The summed E-state index contributed by atoms with van der Waals surface area (Å²) in [4.78, 5) is 28.4. The predicted octanol–water partition coefficient (Wildman–Crippen LogP) is 5.44. The second-order valence-electron chi connectivity index (χ2n) is 11.3. The van der Waals surface area contributed by atoms with Gasteiger partial charge >= 0.3 is 11.9 Å². The standard InChI is InChI=1S/C26H33Cl2N3O6S/c1-26(2,3)31-38(35,36)19-10-9-17(20(27)21(19)28)22-18(11-14-7-5-4-6-8-14)30-24(37-22)23(32)29-16-12-15(13-16)25(33)34/h9-10,14-16,31H,4-8,11-13H2,1-3H3,(H,29,32)(H,33,34). The number of oxazole rings is 1. The number of aromatic nitrogens is 1.